The molecule has 2 atom stereocenters. The van der Waals surface area contributed by atoms with Crippen LogP contribution in [-0.2, 0) is 6.42 Å². The second kappa shape index (κ2) is 11.9. The molecule has 1 heterocycles. The number of aliphatic imine (C=N–C) groups is 1. The van der Waals surface area contributed by atoms with Gasteiger partial charge in [0, 0.05) is 19.6 Å². The SMILES string of the molecule is CN=C(NCC1COc2ccccc2O1)NCC(Cc1ccccc1)N(C)C.I. The molecule has 2 aromatic carbocycles. The van der Waals surface area contributed by atoms with E-state index in [1.54, 1.807) is 7.05 Å². The van der Waals surface area contributed by atoms with Gasteiger partial charge in [-0.2, -0.15) is 0 Å². The maximum absolute atomic E-state index is 5.99. The normalized spacial score (nSPS) is 16.7. The van der Waals surface area contributed by atoms with Crippen LogP contribution in [0.15, 0.2) is 59.6 Å². The number of para-hydroxylation sites is 2. The van der Waals surface area contributed by atoms with Crippen LogP contribution in [0.4, 0.5) is 0 Å². The number of likely N-dealkylation sites (N-methyl/N-ethyl adjacent to an activating group) is 1. The number of fused-ring (bicyclic) bond motifs is 1. The fourth-order valence-corrected chi connectivity index (χ4v) is 3.13. The average molecular weight is 510 g/mol. The molecular weight excluding hydrogens is 479 g/mol. The Kier molecular flexibility index (Phi) is 9.53. The fourth-order valence-electron chi connectivity index (χ4n) is 3.13. The van der Waals surface area contributed by atoms with E-state index < -0.39 is 0 Å². The van der Waals surface area contributed by atoms with E-state index in [0.29, 0.717) is 19.2 Å². The summed E-state index contributed by atoms with van der Waals surface area (Å²) in [5.74, 6) is 2.36. The molecule has 158 valence electrons. The zero-order valence-electron chi connectivity index (χ0n) is 17.3. The van der Waals surface area contributed by atoms with Crippen molar-refractivity contribution in [1.82, 2.24) is 15.5 Å². The zero-order valence-corrected chi connectivity index (χ0v) is 19.6. The van der Waals surface area contributed by atoms with Gasteiger partial charge in [-0.25, -0.2) is 0 Å². The highest BCUT2D eigenvalue weighted by molar-refractivity contribution is 14.0. The van der Waals surface area contributed by atoms with Crippen LogP contribution < -0.4 is 20.1 Å². The highest BCUT2D eigenvalue weighted by Crippen LogP contribution is 2.30. The molecule has 0 saturated heterocycles. The molecule has 2 unspecified atom stereocenters. The number of hydrogen-bond acceptors (Lipinski definition) is 4. The third-order valence-electron chi connectivity index (χ3n) is 4.84. The summed E-state index contributed by atoms with van der Waals surface area (Å²) in [6.45, 7) is 1.95. The maximum Gasteiger partial charge on any atom is 0.191 e. The Morgan fingerprint density at radius 2 is 1.76 bits per heavy atom. The maximum atomic E-state index is 5.99. The first-order chi connectivity index (χ1) is 13.7. The average Bonchev–Trinajstić information content (AvgIpc) is 2.73. The molecule has 0 aliphatic carbocycles. The highest BCUT2D eigenvalue weighted by Gasteiger charge is 2.21. The first-order valence-electron chi connectivity index (χ1n) is 9.69. The lowest BCUT2D eigenvalue weighted by atomic mass is 10.1. The van der Waals surface area contributed by atoms with Crippen molar-refractivity contribution in [3.63, 3.8) is 0 Å². The summed E-state index contributed by atoms with van der Waals surface area (Å²) in [5.41, 5.74) is 1.33. The summed E-state index contributed by atoms with van der Waals surface area (Å²) in [4.78, 5) is 6.57. The first kappa shape index (κ1) is 23.3. The van der Waals surface area contributed by atoms with Gasteiger partial charge in [0.1, 0.15) is 12.7 Å². The Balaban J connectivity index is 0.00000300. The predicted molar refractivity (Wildman–Crippen MR) is 129 cm³/mol. The van der Waals surface area contributed by atoms with Crippen LogP contribution >= 0.6 is 24.0 Å². The predicted octanol–water partition coefficient (Wildman–Crippen LogP) is 2.78. The van der Waals surface area contributed by atoms with E-state index in [1.807, 2.05) is 30.3 Å². The minimum atomic E-state index is -0.0533. The van der Waals surface area contributed by atoms with Gasteiger partial charge in [0.15, 0.2) is 17.5 Å². The van der Waals surface area contributed by atoms with Crippen molar-refractivity contribution in [2.24, 2.45) is 4.99 Å². The van der Waals surface area contributed by atoms with Crippen molar-refractivity contribution < 1.29 is 9.47 Å². The third-order valence-corrected chi connectivity index (χ3v) is 4.84. The topological polar surface area (TPSA) is 58.1 Å². The zero-order chi connectivity index (χ0) is 19.8. The number of nitrogens with zero attached hydrogens (tertiary/aromatic N) is 2. The van der Waals surface area contributed by atoms with Gasteiger partial charge in [-0.15, -0.1) is 24.0 Å². The van der Waals surface area contributed by atoms with E-state index in [0.717, 1.165) is 30.4 Å². The molecule has 2 aromatic rings. The number of nitrogens with one attached hydrogen (secondary N) is 2. The summed E-state index contributed by atoms with van der Waals surface area (Å²) in [6, 6.07) is 18.7. The minimum absolute atomic E-state index is 0. The van der Waals surface area contributed by atoms with Crippen LogP contribution in [0.2, 0.25) is 0 Å². The number of halogens is 1. The summed E-state index contributed by atoms with van der Waals surface area (Å²) < 4.78 is 11.8. The lowest BCUT2D eigenvalue weighted by Crippen LogP contribution is -2.49. The molecule has 29 heavy (non-hydrogen) atoms. The van der Waals surface area contributed by atoms with E-state index in [9.17, 15) is 0 Å². The van der Waals surface area contributed by atoms with Gasteiger partial charge in [-0.05, 0) is 38.2 Å². The number of benzene rings is 2. The Labute approximate surface area is 190 Å². The van der Waals surface area contributed by atoms with Crippen molar-refractivity contribution in [1.29, 1.82) is 0 Å². The molecule has 1 aliphatic heterocycles. The molecule has 1 aliphatic rings. The second-order valence-electron chi connectivity index (χ2n) is 7.14. The van der Waals surface area contributed by atoms with Crippen molar-refractivity contribution in [3.05, 3.63) is 60.2 Å². The smallest absolute Gasteiger partial charge is 0.191 e. The van der Waals surface area contributed by atoms with E-state index >= 15 is 0 Å². The first-order valence-corrected chi connectivity index (χ1v) is 9.69. The molecule has 0 amide bonds. The molecule has 0 aromatic heterocycles. The molecule has 0 fully saturated rings. The second-order valence-corrected chi connectivity index (χ2v) is 7.14. The van der Waals surface area contributed by atoms with Crippen LogP contribution in [0, 0.1) is 0 Å². The van der Waals surface area contributed by atoms with E-state index in [-0.39, 0.29) is 30.1 Å². The van der Waals surface area contributed by atoms with Crippen molar-refractivity contribution >= 4 is 29.9 Å². The van der Waals surface area contributed by atoms with E-state index in [2.05, 4.69) is 58.9 Å². The molecular formula is C22H31IN4O2. The quantitative estimate of drug-likeness (QED) is 0.341. The van der Waals surface area contributed by atoms with Gasteiger partial charge >= 0.3 is 0 Å². The molecule has 7 heteroatoms. The Bertz CT molecular complexity index is 770. The number of hydrogen-bond donors (Lipinski definition) is 2. The molecule has 6 nitrogen and oxygen atoms in total. The summed E-state index contributed by atoms with van der Waals surface area (Å²) in [6.07, 6.45) is 0.927. The van der Waals surface area contributed by atoms with Crippen molar-refractivity contribution in [3.8, 4) is 11.5 Å². The summed E-state index contributed by atoms with van der Waals surface area (Å²) in [7, 11) is 6.00. The van der Waals surface area contributed by atoms with E-state index in [4.69, 9.17) is 9.47 Å². The third kappa shape index (κ3) is 7.08. The fraction of sp³-hybridized carbons (Fsp3) is 0.409. The molecule has 0 radical (unpaired) electrons. The Morgan fingerprint density at radius 3 is 2.45 bits per heavy atom. The van der Waals surface area contributed by atoms with Gasteiger partial charge in [-0.1, -0.05) is 42.5 Å². The molecule has 0 saturated carbocycles. The lowest BCUT2D eigenvalue weighted by molar-refractivity contribution is 0.0936. The Morgan fingerprint density at radius 1 is 1.07 bits per heavy atom. The monoisotopic (exact) mass is 510 g/mol. The minimum Gasteiger partial charge on any atom is -0.486 e. The van der Waals surface area contributed by atoms with Crippen LogP contribution in [0.25, 0.3) is 0 Å². The van der Waals surface area contributed by atoms with Gasteiger partial charge in [0.25, 0.3) is 0 Å². The van der Waals surface area contributed by atoms with Crippen LogP contribution in [0.1, 0.15) is 5.56 Å². The van der Waals surface area contributed by atoms with Crippen LogP contribution in [0.5, 0.6) is 11.5 Å². The molecule has 0 bridgehead atoms. The molecule has 2 N–H and O–H groups in total. The Hall–Kier alpha value is -2.00. The number of ether oxygens (including phenoxy) is 2. The van der Waals surface area contributed by atoms with Gasteiger partial charge < -0.3 is 25.0 Å². The lowest BCUT2D eigenvalue weighted by Gasteiger charge is -2.28. The number of rotatable bonds is 7. The van der Waals surface area contributed by atoms with Crippen LogP contribution in [0.3, 0.4) is 0 Å². The van der Waals surface area contributed by atoms with E-state index in [1.165, 1.54) is 5.56 Å². The van der Waals surface area contributed by atoms with Crippen LogP contribution in [-0.4, -0.2) is 63.8 Å². The molecule has 3 rings (SSSR count). The largest absolute Gasteiger partial charge is 0.486 e. The van der Waals surface area contributed by atoms with Crippen molar-refractivity contribution in [2.45, 2.75) is 18.6 Å². The van der Waals surface area contributed by atoms with Gasteiger partial charge in [0.05, 0.1) is 6.54 Å². The standard InChI is InChI=1S/C22H30N4O2.HI/c1-23-22(24-14-18(26(2)3)13-17-9-5-4-6-10-17)25-15-19-16-27-20-11-7-8-12-21(20)28-19;/h4-12,18-19H,13-16H2,1-3H3,(H2,23,24,25);1H. The summed E-state index contributed by atoms with van der Waals surface area (Å²) >= 11 is 0. The highest BCUT2D eigenvalue weighted by atomic mass is 127. The number of guanidine groups is 1. The van der Waals surface area contributed by atoms with Crippen molar-refractivity contribution in [2.75, 3.05) is 40.8 Å². The molecule has 0 spiro atoms. The van der Waals surface area contributed by atoms with Gasteiger partial charge in [0.2, 0.25) is 0 Å². The van der Waals surface area contributed by atoms with Gasteiger partial charge in [-0.3, -0.25) is 4.99 Å². The summed E-state index contributed by atoms with van der Waals surface area (Å²) in [5, 5.41) is 6.77.